The van der Waals surface area contributed by atoms with Gasteiger partial charge in [0.05, 0.1) is 13.2 Å². The third-order valence-corrected chi connectivity index (χ3v) is 6.14. The van der Waals surface area contributed by atoms with Gasteiger partial charge in [-0.2, -0.15) is 0 Å². The highest BCUT2D eigenvalue weighted by atomic mass is 16.5. The molecule has 2 aromatic carbocycles. The second-order valence-electron chi connectivity index (χ2n) is 9.38. The van der Waals surface area contributed by atoms with Crippen LogP contribution < -0.4 is 4.74 Å². The van der Waals surface area contributed by atoms with Gasteiger partial charge in [0, 0.05) is 17.5 Å². The van der Waals surface area contributed by atoms with Gasteiger partial charge in [-0.1, -0.05) is 65.0 Å². The number of likely N-dealkylation sites (tertiary alicyclic amines) is 1. The Balaban J connectivity index is 2.19. The largest absolute Gasteiger partial charge is 0.497 e. The lowest BCUT2D eigenvalue weighted by Crippen LogP contribution is -2.55. The van der Waals surface area contributed by atoms with Gasteiger partial charge >= 0.3 is 0 Å². The Morgan fingerprint density at radius 2 is 1.75 bits per heavy atom. The van der Waals surface area contributed by atoms with Crippen LogP contribution in [0.4, 0.5) is 0 Å². The summed E-state index contributed by atoms with van der Waals surface area (Å²) in [4.78, 5) is 15.3. The summed E-state index contributed by atoms with van der Waals surface area (Å²) in [6.07, 6.45) is 0. The van der Waals surface area contributed by atoms with Crippen molar-refractivity contribution in [2.45, 2.75) is 46.3 Å². The first kappa shape index (κ1) is 20.4. The topological polar surface area (TPSA) is 49.8 Å². The van der Waals surface area contributed by atoms with E-state index < -0.39 is 22.5 Å². The summed E-state index contributed by atoms with van der Waals surface area (Å²) in [6, 6.07) is 16.5. The molecule has 0 saturated carbocycles. The number of carbonyl (C=O) groups is 1. The Hall–Kier alpha value is -2.33. The van der Waals surface area contributed by atoms with Gasteiger partial charge in [-0.25, -0.2) is 0 Å². The molecular formula is C24H31NO3. The number of rotatable bonds is 3. The Morgan fingerprint density at radius 1 is 1.11 bits per heavy atom. The molecule has 1 heterocycles. The molecule has 1 N–H and O–H groups in total. The standard InChI is InChI=1S/C24H31NO3/c1-22(2,3)24(27)20(18-13-10-14-19(15-18)28-6)25(16-23(24,4)5)21(26)17-11-8-7-9-12-17/h7-15,20,27H,16H2,1-6H3/t20-,24+/m0/s1. The Labute approximate surface area is 168 Å². The van der Waals surface area contributed by atoms with Gasteiger partial charge in [0.2, 0.25) is 0 Å². The molecule has 1 aliphatic rings. The Bertz CT molecular complexity index is 854. The fourth-order valence-electron chi connectivity index (χ4n) is 4.83. The Kier molecular flexibility index (Phi) is 5.05. The lowest BCUT2D eigenvalue weighted by Gasteiger charge is -2.49. The molecular weight excluding hydrogens is 350 g/mol. The number of nitrogens with zero attached hydrogens (tertiary/aromatic N) is 1. The number of amides is 1. The van der Waals surface area contributed by atoms with E-state index in [0.29, 0.717) is 17.9 Å². The molecule has 3 rings (SSSR count). The van der Waals surface area contributed by atoms with Gasteiger partial charge in [0.25, 0.3) is 5.91 Å². The first-order chi connectivity index (χ1) is 13.0. The number of hydrogen-bond acceptors (Lipinski definition) is 3. The van der Waals surface area contributed by atoms with Crippen molar-refractivity contribution >= 4 is 5.91 Å². The van der Waals surface area contributed by atoms with Crippen LogP contribution in [0.2, 0.25) is 0 Å². The van der Waals surface area contributed by atoms with E-state index in [2.05, 4.69) is 0 Å². The highest BCUT2D eigenvalue weighted by Gasteiger charge is 2.64. The van der Waals surface area contributed by atoms with Crippen LogP contribution in [-0.2, 0) is 0 Å². The summed E-state index contributed by atoms with van der Waals surface area (Å²) < 4.78 is 5.42. The molecule has 2 aromatic rings. The van der Waals surface area contributed by atoms with Crippen molar-refractivity contribution in [3.63, 3.8) is 0 Å². The third kappa shape index (κ3) is 3.10. The van der Waals surface area contributed by atoms with Crippen LogP contribution in [0, 0.1) is 10.8 Å². The van der Waals surface area contributed by atoms with E-state index in [1.165, 1.54) is 0 Å². The van der Waals surface area contributed by atoms with Crippen molar-refractivity contribution in [2.75, 3.05) is 13.7 Å². The number of aliphatic hydroxyl groups is 1. The minimum Gasteiger partial charge on any atom is -0.497 e. The van der Waals surface area contributed by atoms with Crippen LogP contribution in [0.3, 0.4) is 0 Å². The van der Waals surface area contributed by atoms with Gasteiger partial charge in [-0.3, -0.25) is 4.79 Å². The van der Waals surface area contributed by atoms with E-state index in [4.69, 9.17) is 4.74 Å². The van der Waals surface area contributed by atoms with E-state index in [9.17, 15) is 9.90 Å². The SMILES string of the molecule is COc1cccc([C@@H]2N(C(=O)c3ccccc3)CC(C)(C)[C@]2(O)C(C)(C)C)c1. The van der Waals surface area contributed by atoms with Crippen LogP contribution in [0.15, 0.2) is 54.6 Å². The van der Waals surface area contributed by atoms with Crippen LogP contribution in [0.25, 0.3) is 0 Å². The predicted molar refractivity (Wildman–Crippen MR) is 111 cm³/mol. The monoisotopic (exact) mass is 381 g/mol. The van der Waals surface area contributed by atoms with Crippen LogP contribution in [-0.4, -0.2) is 35.2 Å². The molecule has 1 amide bonds. The molecule has 1 saturated heterocycles. The minimum atomic E-state index is -1.13. The number of carbonyl (C=O) groups excluding carboxylic acids is 1. The van der Waals surface area contributed by atoms with Crippen molar-refractivity contribution in [1.82, 2.24) is 4.90 Å². The van der Waals surface area contributed by atoms with Gasteiger partial charge in [-0.15, -0.1) is 0 Å². The molecule has 1 aliphatic heterocycles. The Morgan fingerprint density at radius 3 is 2.32 bits per heavy atom. The molecule has 4 heteroatoms. The molecule has 0 aromatic heterocycles. The van der Waals surface area contributed by atoms with Crippen LogP contribution >= 0.6 is 0 Å². The van der Waals surface area contributed by atoms with Gasteiger partial charge in [-0.05, 0) is 35.2 Å². The van der Waals surface area contributed by atoms with Crippen molar-refractivity contribution in [3.05, 3.63) is 65.7 Å². The molecule has 0 aliphatic carbocycles. The fraction of sp³-hybridized carbons (Fsp3) is 0.458. The fourth-order valence-corrected chi connectivity index (χ4v) is 4.83. The molecule has 2 atom stereocenters. The normalized spacial score (nSPS) is 24.2. The molecule has 0 bridgehead atoms. The number of methoxy groups -OCH3 is 1. The average molecular weight is 382 g/mol. The summed E-state index contributed by atoms with van der Waals surface area (Å²) in [6.45, 7) is 10.7. The first-order valence-electron chi connectivity index (χ1n) is 9.75. The molecule has 4 nitrogen and oxygen atoms in total. The molecule has 0 spiro atoms. The summed E-state index contributed by atoms with van der Waals surface area (Å²) in [5.41, 5.74) is -0.563. The number of hydrogen-bond donors (Lipinski definition) is 1. The van der Waals surface area contributed by atoms with Crippen molar-refractivity contribution < 1.29 is 14.6 Å². The molecule has 28 heavy (non-hydrogen) atoms. The van der Waals surface area contributed by atoms with Crippen molar-refractivity contribution in [3.8, 4) is 5.75 Å². The summed E-state index contributed by atoms with van der Waals surface area (Å²) in [5.74, 6) is 0.646. The molecule has 1 fully saturated rings. The minimum absolute atomic E-state index is 0.0679. The second-order valence-corrected chi connectivity index (χ2v) is 9.38. The molecule has 0 unspecified atom stereocenters. The number of ether oxygens (including phenoxy) is 1. The maximum Gasteiger partial charge on any atom is 0.254 e. The van der Waals surface area contributed by atoms with Gasteiger partial charge in [0.15, 0.2) is 0 Å². The zero-order valence-electron chi connectivity index (χ0n) is 17.7. The van der Waals surface area contributed by atoms with Crippen LogP contribution in [0.5, 0.6) is 5.75 Å². The highest BCUT2D eigenvalue weighted by Crippen LogP contribution is 2.59. The van der Waals surface area contributed by atoms with E-state index >= 15 is 0 Å². The zero-order valence-corrected chi connectivity index (χ0v) is 17.7. The van der Waals surface area contributed by atoms with E-state index in [-0.39, 0.29) is 5.91 Å². The highest BCUT2D eigenvalue weighted by molar-refractivity contribution is 5.95. The van der Waals surface area contributed by atoms with E-state index in [1.807, 2.05) is 94.1 Å². The first-order valence-corrected chi connectivity index (χ1v) is 9.75. The summed E-state index contributed by atoms with van der Waals surface area (Å²) in [7, 11) is 1.63. The van der Waals surface area contributed by atoms with Gasteiger partial charge < -0.3 is 14.7 Å². The maximum absolute atomic E-state index is 13.5. The van der Waals surface area contributed by atoms with Gasteiger partial charge in [0.1, 0.15) is 11.4 Å². The lowest BCUT2D eigenvalue weighted by molar-refractivity contribution is -0.137. The third-order valence-electron chi connectivity index (χ3n) is 6.14. The number of benzene rings is 2. The zero-order chi connectivity index (χ0) is 20.7. The quantitative estimate of drug-likeness (QED) is 0.839. The van der Waals surface area contributed by atoms with E-state index in [1.54, 1.807) is 7.11 Å². The molecule has 0 radical (unpaired) electrons. The van der Waals surface area contributed by atoms with Crippen molar-refractivity contribution in [1.29, 1.82) is 0 Å². The predicted octanol–water partition coefficient (Wildman–Crippen LogP) is 4.70. The average Bonchev–Trinajstić information content (AvgIpc) is 2.89. The maximum atomic E-state index is 13.5. The molecule has 150 valence electrons. The lowest BCUT2D eigenvalue weighted by atomic mass is 9.60. The smallest absolute Gasteiger partial charge is 0.254 e. The second kappa shape index (κ2) is 6.93. The summed E-state index contributed by atoms with van der Waals surface area (Å²) >= 11 is 0. The summed E-state index contributed by atoms with van der Waals surface area (Å²) in [5, 5.41) is 12.2. The van der Waals surface area contributed by atoms with Crippen molar-refractivity contribution in [2.24, 2.45) is 10.8 Å². The van der Waals surface area contributed by atoms with E-state index in [0.717, 1.165) is 5.56 Å². The van der Waals surface area contributed by atoms with Crippen LogP contribution in [0.1, 0.15) is 56.6 Å².